The van der Waals surface area contributed by atoms with Gasteiger partial charge in [0.25, 0.3) is 0 Å². The number of primary amides is 1. The number of hydrogen-bond acceptors (Lipinski definition) is 3. The minimum absolute atomic E-state index is 0.718. The van der Waals surface area contributed by atoms with Crippen LogP contribution in [0.4, 0.5) is 13.2 Å². The number of halogens is 3. The van der Waals surface area contributed by atoms with Crippen molar-refractivity contribution in [1.82, 2.24) is 5.32 Å². The molecule has 0 heterocycles. The van der Waals surface area contributed by atoms with E-state index in [1.165, 1.54) is 0 Å². The molecule has 0 rings (SSSR count). The summed E-state index contributed by atoms with van der Waals surface area (Å²) in [7, 11) is 0. The van der Waals surface area contributed by atoms with Gasteiger partial charge in [0.1, 0.15) is 6.04 Å². The van der Waals surface area contributed by atoms with Gasteiger partial charge in [-0.05, 0) is 0 Å². The Balaban J connectivity index is 4.47. The first-order valence-electron chi connectivity index (χ1n) is 4.24. The number of carbonyl (C=O) groups is 3. The number of rotatable bonds is 6. The molecular weight excluding hydrogens is 245 g/mol. The zero-order valence-electron chi connectivity index (χ0n) is 8.37. The molecule has 0 saturated carbocycles. The molecule has 0 radical (unpaired) electrons. The van der Waals surface area contributed by atoms with Gasteiger partial charge in [0.05, 0.1) is 12.8 Å². The van der Waals surface area contributed by atoms with Gasteiger partial charge in [0.2, 0.25) is 11.8 Å². The lowest BCUT2D eigenvalue weighted by atomic mass is 10.2. The summed E-state index contributed by atoms with van der Waals surface area (Å²) in [5.41, 5.74) is 4.70. The average Bonchev–Trinajstić information content (AvgIpc) is 2.15. The van der Waals surface area contributed by atoms with Gasteiger partial charge in [-0.3, -0.25) is 9.59 Å². The maximum Gasteiger partial charge on any atom is 0.326 e. The lowest BCUT2D eigenvalue weighted by Gasteiger charge is -2.11. The summed E-state index contributed by atoms with van der Waals surface area (Å²) in [5.74, 6) is -5.85. The maximum absolute atomic E-state index is 12.3. The van der Waals surface area contributed by atoms with E-state index in [9.17, 15) is 27.6 Å². The Morgan fingerprint density at radius 3 is 2.12 bits per heavy atom. The second-order valence-corrected chi connectivity index (χ2v) is 2.97. The van der Waals surface area contributed by atoms with Crippen molar-refractivity contribution < 1.29 is 32.7 Å². The van der Waals surface area contributed by atoms with Gasteiger partial charge >= 0.3 is 12.0 Å². The average molecular weight is 254 g/mol. The zero-order chi connectivity index (χ0) is 13.6. The second kappa shape index (κ2) is 6.51. The van der Waals surface area contributed by atoms with Crippen LogP contribution in [0.15, 0.2) is 11.9 Å². The molecule has 17 heavy (non-hydrogen) atoms. The van der Waals surface area contributed by atoms with Crippen LogP contribution in [0.3, 0.4) is 0 Å². The minimum Gasteiger partial charge on any atom is -0.480 e. The zero-order valence-corrected chi connectivity index (χ0v) is 8.37. The Morgan fingerprint density at radius 1 is 1.24 bits per heavy atom. The van der Waals surface area contributed by atoms with Gasteiger partial charge < -0.3 is 16.2 Å². The van der Waals surface area contributed by atoms with E-state index in [1.807, 2.05) is 0 Å². The Hall–Kier alpha value is -2.06. The fraction of sp³-hybridized carbons (Fsp3) is 0.375. The van der Waals surface area contributed by atoms with E-state index in [2.05, 4.69) is 0 Å². The first kappa shape index (κ1) is 14.9. The molecule has 9 heteroatoms. The van der Waals surface area contributed by atoms with E-state index < -0.39 is 48.6 Å². The second-order valence-electron chi connectivity index (χ2n) is 2.97. The van der Waals surface area contributed by atoms with Crippen molar-refractivity contribution in [3.8, 4) is 0 Å². The minimum atomic E-state index is -2.66. The van der Waals surface area contributed by atoms with Crippen LogP contribution < -0.4 is 11.1 Å². The predicted molar refractivity (Wildman–Crippen MR) is 48.3 cm³/mol. The van der Waals surface area contributed by atoms with E-state index in [0.717, 1.165) is 0 Å². The largest absolute Gasteiger partial charge is 0.480 e. The van der Waals surface area contributed by atoms with Crippen LogP contribution in [0, 0.1) is 0 Å². The number of nitrogens with two attached hydrogens (primary N) is 1. The molecule has 96 valence electrons. The van der Waals surface area contributed by atoms with E-state index in [1.54, 1.807) is 5.32 Å². The van der Waals surface area contributed by atoms with E-state index in [0.29, 0.717) is 0 Å². The van der Waals surface area contributed by atoms with E-state index in [-0.39, 0.29) is 0 Å². The molecular formula is C8H9F3N2O4. The molecule has 0 aliphatic heterocycles. The Kier molecular flexibility index (Phi) is 5.72. The third kappa shape index (κ3) is 6.17. The molecule has 0 aliphatic rings. The highest BCUT2D eigenvalue weighted by atomic mass is 19.3. The van der Waals surface area contributed by atoms with Crippen LogP contribution in [-0.4, -0.2) is 28.9 Å². The van der Waals surface area contributed by atoms with Crippen molar-refractivity contribution in [3.63, 3.8) is 0 Å². The molecule has 0 spiro atoms. The number of carbonyl (C=O) groups excluding carboxylic acids is 2. The fourth-order valence-electron chi connectivity index (χ4n) is 0.854. The van der Waals surface area contributed by atoms with Crippen LogP contribution in [0.2, 0.25) is 0 Å². The number of nitrogens with one attached hydrogen (secondary N) is 1. The van der Waals surface area contributed by atoms with Crippen molar-refractivity contribution in [2.75, 3.05) is 0 Å². The summed E-state index contributed by atoms with van der Waals surface area (Å²) in [6.45, 7) is 0. The highest BCUT2D eigenvalue weighted by Crippen LogP contribution is 2.12. The monoisotopic (exact) mass is 254 g/mol. The molecule has 0 bridgehead atoms. The van der Waals surface area contributed by atoms with Gasteiger partial charge in [-0.15, -0.1) is 0 Å². The standard InChI is InChI=1S/C8H9F3N2O4/c9-3(7(10)11)1-6(15)13-4(8(16)17)2-5(12)14/h4H,1-2H2,(H2,12,14)(H,13,15)(H,16,17)/t4-/m0/s1. The van der Waals surface area contributed by atoms with Gasteiger partial charge in [-0.1, -0.05) is 0 Å². The molecule has 4 N–H and O–H groups in total. The summed E-state index contributed by atoms with van der Waals surface area (Å²) >= 11 is 0. The van der Waals surface area contributed by atoms with Gasteiger partial charge in [-0.25, -0.2) is 9.18 Å². The van der Waals surface area contributed by atoms with Crippen molar-refractivity contribution in [2.45, 2.75) is 18.9 Å². The molecule has 0 aromatic heterocycles. The quantitative estimate of drug-likeness (QED) is 0.614. The van der Waals surface area contributed by atoms with Crippen molar-refractivity contribution >= 4 is 17.8 Å². The van der Waals surface area contributed by atoms with Crippen LogP contribution in [0.25, 0.3) is 0 Å². The summed E-state index contributed by atoms with van der Waals surface area (Å²) in [6, 6.07) is -1.67. The van der Waals surface area contributed by atoms with Gasteiger partial charge in [-0.2, -0.15) is 8.78 Å². The van der Waals surface area contributed by atoms with Gasteiger partial charge in [0, 0.05) is 0 Å². The van der Waals surface area contributed by atoms with Crippen LogP contribution >= 0.6 is 0 Å². The molecule has 0 aromatic rings. The van der Waals surface area contributed by atoms with Crippen LogP contribution in [-0.2, 0) is 14.4 Å². The summed E-state index contributed by atoms with van der Waals surface area (Å²) in [5, 5.41) is 10.2. The van der Waals surface area contributed by atoms with Crippen LogP contribution in [0.5, 0.6) is 0 Å². The lowest BCUT2D eigenvalue weighted by molar-refractivity contribution is -0.143. The lowest BCUT2D eigenvalue weighted by Crippen LogP contribution is -2.43. The Labute approximate surface area is 93.3 Å². The molecule has 0 aliphatic carbocycles. The molecule has 0 aromatic carbocycles. The SMILES string of the molecule is NC(=O)C[C@H](NC(=O)CC(F)=C(F)F)C(=O)O. The topological polar surface area (TPSA) is 109 Å². The highest BCUT2D eigenvalue weighted by Gasteiger charge is 2.23. The number of amides is 2. The van der Waals surface area contributed by atoms with Crippen LogP contribution in [0.1, 0.15) is 12.8 Å². The summed E-state index contributed by atoms with van der Waals surface area (Å²) in [6.07, 6.45) is -4.68. The summed E-state index contributed by atoms with van der Waals surface area (Å²) < 4.78 is 35.6. The fourth-order valence-corrected chi connectivity index (χ4v) is 0.854. The number of aliphatic carboxylic acids is 1. The number of carboxylic acids is 1. The maximum atomic E-state index is 12.3. The van der Waals surface area contributed by atoms with E-state index >= 15 is 0 Å². The first-order chi connectivity index (χ1) is 7.73. The van der Waals surface area contributed by atoms with E-state index in [4.69, 9.17) is 10.8 Å². The van der Waals surface area contributed by atoms with Crippen molar-refractivity contribution in [3.05, 3.63) is 11.9 Å². The van der Waals surface area contributed by atoms with Crippen molar-refractivity contribution in [1.29, 1.82) is 0 Å². The molecule has 1 atom stereocenters. The van der Waals surface area contributed by atoms with Gasteiger partial charge in [0.15, 0.2) is 5.83 Å². The third-order valence-corrected chi connectivity index (χ3v) is 1.56. The predicted octanol–water partition coefficient (Wildman–Crippen LogP) is -0.101. The molecule has 0 unspecified atom stereocenters. The Bertz CT molecular complexity index is 366. The smallest absolute Gasteiger partial charge is 0.326 e. The normalized spacial score (nSPS) is 11.5. The van der Waals surface area contributed by atoms with Crippen molar-refractivity contribution in [2.24, 2.45) is 5.73 Å². The molecule has 6 nitrogen and oxygen atoms in total. The Morgan fingerprint density at radius 2 is 1.76 bits per heavy atom. The number of hydrogen-bond donors (Lipinski definition) is 3. The third-order valence-electron chi connectivity index (χ3n) is 1.56. The molecule has 0 saturated heterocycles. The molecule has 2 amide bonds. The summed E-state index contributed by atoms with van der Waals surface area (Å²) in [4.78, 5) is 31.9. The molecule has 0 fully saturated rings. The highest BCUT2D eigenvalue weighted by molar-refractivity contribution is 5.88. The first-order valence-corrected chi connectivity index (χ1v) is 4.24. The number of carboxylic acid groups (broad SMARTS) is 1.